The number of rotatable bonds is 5. The highest BCUT2D eigenvalue weighted by Crippen LogP contribution is 2.28. The van der Waals surface area contributed by atoms with Crippen LogP contribution in [0.5, 0.6) is 0 Å². The fourth-order valence-corrected chi connectivity index (χ4v) is 1.22. The molecule has 1 fully saturated rings. The van der Waals surface area contributed by atoms with E-state index in [1.165, 1.54) is 25.7 Å². The van der Waals surface area contributed by atoms with E-state index < -0.39 is 0 Å². The molecule has 0 aromatic heterocycles. The number of nitrogens with two attached hydrogens (primary N) is 1. The van der Waals surface area contributed by atoms with E-state index in [9.17, 15) is 0 Å². The van der Waals surface area contributed by atoms with Gasteiger partial charge in [-0.25, -0.2) is 0 Å². The van der Waals surface area contributed by atoms with E-state index in [1.807, 2.05) is 0 Å². The van der Waals surface area contributed by atoms with Crippen molar-refractivity contribution in [3.05, 3.63) is 0 Å². The zero-order chi connectivity index (χ0) is 7.23. The van der Waals surface area contributed by atoms with Crippen molar-refractivity contribution in [2.75, 3.05) is 19.8 Å². The highest BCUT2D eigenvalue weighted by Gasteiger charge is 2.16. The quantitative estimate of drug-likeness (QED) is 0.586. The van der Waals surface area contributed by atoms with E-state index in [2.05, 4.69) is 0 Å². The number of hydrogen-bond acceptors (Lipinski definition) is 2. The van der Waals surface area contributed by atoms with Crippen LogP contribution in [0.2, 0.25) is 0 Å². The van der Waals surface area contributed by atoms with Gasteiger partial charge in [0.1, 0.15) is 0 Å². The van der Waals surface area contributed by atoms with Gasteiger partial charge in [-0.3, -0.25) is 0 Å². The Labute approximate surface area is 62.7 Å². The molecule has 2 heteroatoms. The Balaban J connectivity index is 1.76. The molecule has 2 N–H and O–H groups in total. The molecule has 2 nitrogen and oxygen atoms in total. The minimum absolute atomic E-state index is 0.657. The number of hydrogen-bond donors (Lipinski definition) is 1. The third kappa shape index (κ3) is 2.67. The van der Waals surface area contributed by atoms with Gasteiger partial charge in [0.2, 0.25) is 0 Å². The first-order valence-corrected chi connectivity index (χ1v) is 4.21. The molecule has 0 atom stereocenters. The average molecular weight is 143 g/mol. The van der Waals surface area contributed by atoms with Gasteiger partial charge in [0.15, 0.2) is 0 Å². The van der Waals surface area contributed by atoms with Crippen LogP contribution in [0.1, 0.15) is 25.7 Å². The minimum atomic E-state index is 0.657. The van der Waals surface area contributed by atoms with Gasteiger partial charge >= 0.3 is 0 Å². The van der Waals surface area contributed by atoms with Crippen LogP contribution < -0.4 is 5.73 Å². The van der Waals surface area contributed by atoms with Crippen molar-refractivity contribution >= 4 is 0 Å². The molecule has 1 saturated carbocycles. The molecule has 0 aromatic carbocycles. The summed E-state index contributed by atoms with van der Waals surface area (Å²) in [6, 6.07) is 0. The lowest BCUT2D eigenvalue weighted by Crippen LogP contribution is -2.15. The monoisotopic (exact) mass is 143 g/mol. The van der Waals surface area contributed by atoms with E-state index in [1.54, 1.807) is 0 Å². The van der Waals surface area contributed by atoms with Crippen LogP contribution in [0.15, 0.2) is 0 Å². The molecule has 0 unspecified atom stereocenters. The summed E-state index contributed by atoms with van der Waals surface area (Å²) in [4.78, 5) is 0. The molecule has 1 aliphatic carbocycles. The molecule has 0 saturated heterocycles. The Hall–Kier alpha value is -0.0800. The molecule has 1 aliphatic rings. The fraction of sp³-hybridized carbons (Fsp3) is 1.00. The van der Waals surface area contributed by atoms with Crippen molar-refractivity contribution in [1.29, 1.82) is 0 Å². The van der Waals surface area contributed by atoms with Gasteiger partial charge in [-0.1, -0.05) is 19.3 Å². The maximum Gasteiger partial charge on any atom is 0.0588 e. The van der Waals surface area contributed by atoms with Crippen LogP contribution >= 0.6 is 0 Å². The van der Waals surface area contributed by atoms with Crippen molar-refractivity contribution in [3.63, 3.8) is 0 Å². The molecule has 0 aromatic rings. The Morgan fingerprint density at radius 2 is 2.10 bits per heavy atom. The summed E-state index contributed by atoms with van der Waals surface area (Å²) in [5.41, 5.74) is 5.27. The van der Waals surface area contributed by atoms with E-state index in [0.717, 1.165) is 19.1 Å². The Kier molecular flexibility index (Phi) is 3.76. The van der Waals surface area contributed by atoms with Crippen molar-refractivity contribution in [3.8, 4) is 0 Å². The first-order valence-electron chi connectivity index (χ1n) is 4.21. The molecular weight excluding hydrogens is 126 g/mol. The molecule has 0 amide bonds. The van der Waals surface area contributed by atoms with Gasteiger partial charge in [-0.2, -0.15) is 0 Å². The first kappa shape index (κ1) is 8.02. The molecule has 1 rings (SSSR count). The maximum atomic E-state index is 5.27. The first-order chi connectivity index (χ1) is 4.93. The van der Waals surface area contributed by atoms with Crippen molar-refractivity contribution in [1.82, 2.24) is 0 Å². The van der Waals surface area contributed by atoms with Crippen LogP contribution in [-0.4, -0.2) is 19.8 Å². The van der Waals surface area contributed by atoms with Crippen molar-refractivity contribution < 1.29 is 4.74 Å². The van der Waals surface area contributed by atoms with Crippen molar-refractivity contribution in [2.45, 2.75) is 25.7 Å². The summed E-state index contributed by atoms with van der Waals surface area (Å²) in [6.45, 7) is 2.30. The normalized spacial score (nSPS) is 18.9. The predicted molar refractivity (Wildman–Crippen MR) is 41.8 cm³/mol. The summed E-state index contributed by atoms with van der Waals surface area (Å²) in [5.74, 6) is 0.970. The highest BCUT2D eigenvalue weighted by molar-refractivity contribution is 4.68. The van der Waals surface area contributed by atoms with Crippen molar-refractivity contribution in [2.24, 2.45) is 11.7 Å². The summed E-state index contributed by atoms with van der Waals surface area (Å²) in [7, 11) is 0. The summed E-state index contributed by atoms with van der Waals surface area (Å²) in [5, 5.41) is 0. The zero-order valence-corrected chi connectivity index (χ0v) is 6.51. The Bertz CT molecular complexity index is 81.3. The van der Waals surface area contributed by atoms with Gasteiger partial charge < -0.3 is 10.5 Å². The summed E-state index contributed by atoms with van der Waals surface area (Å²) in [6.07, 6.45) is 5.53. The summed E-state index contributed by atoms with van der Waals surface area (Å²) >= 11 is 0. The lowest BCUT2D eigenvalue weighted by Gasteiger charge is -2.24. The second kappa shape index (κ2) is 4.69. The van der Waals surface area contributed by atoms with Crippen LogP contribution in [0, 0.1) is 5.92 Å². The minimum Gasteiger partial charge on any atom is -0.380 e. The Morgan fingerprint density at radius 3 is 2.60 bits per heavy atom. The third-order valence-electron chi connectivity index (χ3n) is 2.16. The third-order valence-corrected chi connectivity index (χ3v) is 2.16. The van der Waals surface area contributed by atoms with Gasteiger partial charge in [0.05, 0.1) is 6.61 Å². The lowest BCUT2D eigenvalue weighted by molar-refractivity contribution is 0.112. The molecule has 0 spiro atoms. The van der Waals surface area contributed by atoms with Crippen LogP contribution in [0.3, 0.4) is 0 Å². The van der Waals surface area contributed by atoms with Crippen LogP contribution in [-0.2, 0) is 4.74 Å². The molecular formula is C8H17NO. The second-order valence-corrected chi connectivity index (χ2v) is 2.99. The zero-order valence-electron chi connectivity index (χ0n) is 6.51. The largest absolute Gasteiger partial charge is 0.380 e. The van der Waals surface area contributed by atoms with Crippen LogP contribution in [0.4, 0.5) is 0 Å². The number of ether oxygens (including phenoxy) is 1. The molecule has 10 heavy (non-hydrogen) atoms. The van der Waals surface area contributed by atoms with Crippen LogP contribution in [0.25, 0.3) is 0 Å². The Morgan fingerprint density at radius 1 is 1.30 bits per heavy atom. The van der Waals surface area contributed by atoms with Gasteiger partial charge in [0.25, 0.3) is 0 Å². The standard InChI is InChI=1S/C8H17NO/c9-5-7-10-6-4-8-2-1-3-8/h8H,1-7,9H2. The predicted octanol–water partition coefficient (Wildman–Crippen LogP) is 1.15. The summed E-state index contributed by atoms with van der Waals surface area (Å²) < 4.78 is 5.26. The van der Waals surface area contributed by atoms with Gasteiger partial charge in [-0.05, 0) is 12.3 Å². The van der Waals surface area contributed by atoms with Gasteiger partial charge in [0, 0.05) is 13.2 Å². The molecule has 0 aliphatic heterocycles. The maximum absolute atomic E-state index is 5.27. The molecule has 60 valence electrons. The SMILES string of the molecule is NCCOCCC1CCC1. The van der Waals surface area contributed by atoms with E-state index in [-0.39, 0.29) is 0 Å². The highest BCUT2D eigenvalue weighted by atomic mass is 16.5. The van der Waals surface area contributed by atoms with E-state index in [0.29, 0.717) is 6.54 Å². The fourth-order valence-electron chi connectivity index (χ4n) is 1.22. The smallest absolute Gasteiger partial charge is 0.0588 e. The lowest BCUT2D eigenvalue weighted by atomic mass is 9.83. The molecule has 0 heterocycles. The molecule has 0 radical (unpaired) electrons. The molecule has 0 bridgehead atoms. The van der Waals surface area contributed by atoms with Gasteiger partial charge in [-0.15, -0.1) is 0 Å². The topological polar surface area (TPSA) is 35.2 Å². The second-order valence-electron chi connectivity index (χ2n) is 2.99. The van der Waals surface area contributed by atoms with E-state index >= 15 is 0 Å². The van der Waals surface area contributed by atoms with E-state index in [4.69, 9.17) is 10.5 Å². The average Bonchev–Trinajstić information content (AvgIpc) is 1.84.